The fourth-order valence-corrected chi connectivity index (χ4v) is 4.61. The molecule has 1 aromatic rings. The van der Waals surface area contributed by atoms with Crippen molar-refractivity contribution in [3.8, 4) is 0 Å². The Bertz CT molecular complexity index is 797. The first-order chi connectivity index (χ1) is 15.4. The molecule has 176 valence electrons. The number of carbonyl (C=O) groups is 3. The zero-order valence-electron chi connectivity index (χ0n) is 19.3. The summed E-state index contributed by atoms with van der Waals surface area (Å²) >= 11 is 0. The van der Waals surface area contributed by atoms with Crippen LogP contribution in [0.2, 0.25) is 0 Å². The number of halogens is 1. The van der Waals surface area contributed by atoms with Crippen LogP contribution in [0.3, 0.4) is 0 Å². The van der Waals surface area contributed by atoms with Crippen molar-refractivity contribution in [3.05, 3.63) is 35.6 Å². The summed E-state index contributed by atoms with van der Waals surface area (Å²) in [6.07, 6.45) is 2.39. The Kier molecular flexibility index (Phi) is 8.61. The molecular weight excluding hydrogens is 411 g/mol. The maximum absolute atomic E-state index is 13.2. The van der Waals surface area contributed by atoms with Crippen LogP contribution in [0.25, 0.3) is 0 Å². The maximum atomic E-state index is 13.2. The number of likely N-dealkylation sites (N-methyl/N-ethyl adjacent to an activating group) is 1. The van der Waals surface area contributed by atoms with Gasteiger partial charge in [-0.05, 0) is 57.4 Å². The second-order valence-corrected chi connectivity index (χ2v) is 8.62. The van der Waals surface area contributed by atoms with E-state index >= 15 is 0 Å². The van der Waals surface area contributed by atoms with Crippen molar-refractivity contribution in [2.24, 2.45) is 5.92 Å². The molecule has 8 heteroatoms. The van der Waals surface area contributed by atoms with Gasteiger partial charge in [0.25, 0.3) is 5.91 Å². The quantitative estimate of drug-likeness (QED) is 0.671. The van der Waals surface area contributed by atoms with Gasteiger partial charge >= 0.3 is 0 Å². The first-order valence-corrected chi connectivity index (χ1v) is 11.8. The van der Waals surface area contributed by atoms with Gasteiger partial charge in [-0.3, -0.25) is 19.3 Å². The molecular formula is C24H35FN4O3. The number of piperidine rings is 1. The summed E-state index contributed by atoms with van der Waals surface area (Å²) in [6.45, 7) is 9.57. The number of benzene rings is 1. The van der Waals surface area contributed by atoms with Crippen LogP contribution in [0.1, 0.15) is 43.5 Å². The minimum Gasteiger partial charge on any atom is -0.342 e. The number of rotatable bonds is 6. The van der Waals surface area contributed by atoms with Gasteiger partial charge in [-0.25, -0.2) is 4.39 Å². The highest BCUT2D eigenvalue weighted by atomic mass is 19.1. The number of carbonyl (C=O) groups excluding carboxylic acids is 3. The third kappa shape index (κ3) is 6.06. The predicted molar refractivity (Wildman–Crippen MR) is 121 cm³/mol. The van der Waals surface area contributed by atoms with Crippen LogP contribution in [-0.2, 0) is 9.59 Å². The molecule has 0 spiro atoms. The highest BCUT2D eigenvalue weighted by Gasteiger charge is 2.32. The SMILES string of the molecule is CCN(CC)C(=O)CN1CCCN(C(=O)C2CCCN(C(=O)c3ccc(F)cc3)C2)CC1. The molecule has 2 heterocycles. The fraction of sp³-hybridized carbons (Fsp3) is 0.625. The van der Waals surface area contributed by atoms with Crippen LogP contribution in [-0.4, -0.2) is 96.2 Å². The lowest BCUT2D eigenvalue weighted by Gasteiger charge is -2.35. The molecule has 1 unspecified atom stereocenters. The molecule has 0 N–H and O–H groups in total. The lowest BCUT2D eigenvalue weighted by Crippen LogP contribution is -2.47. The van der Waals surface area contributed by atoms with E-state index in [-0.39, 0.29) is 29.5 Å². The van der Waals surface area contributed by atoms with Gasteiger partial charge in [-0.2, -0.15) is 0 Å². The Morgan fingerprint density at radius 3 is 2.31 bits per heavy atom. The Hall–Kier alpha value is -2.48. The topological polar surface area (TPSA) is 64.2 Å². The standard InChI is InChI=1S/C24H35FN4O3/c1-3-27(4-2)22(30)18-26-12-6-14-28(16-15-26)24(32)20-7-5-13-29(17-20)23(31)19-8-10-21(25)11-9-19/h8-11,20H,3-7,12-18H2,1-2H3. The average molecular weight is 447 g/mol. The monoisotopic (exact) mass is 446 g/mol. The van der Waals surface area contributed by atoms with Crippen molar-refractivity contribution in [2.75, 3.05) is 58.9 Å². The van der Waals surface area contributed by atoms with E-state index in [1.807, 2.05) is 23.6 Å². The van der Waals surface area contributed by atoms with E-state index in [9.17, 15) is 18.8 Å². The van der Waals surface area contributed by atoms with Crippen LogP contribution in [0, 0.1) is 11.7 Å². The Labute approximate surface area is 190 Å². The second-order valence-electron chi connectivity index (χ2n) is 8.62. The number of hydrogen-bond acceptors (Lipinski definition) is 4. The molecule has 0 aliphatic carbocycles. The molecule has 2 aliphatic rings. The van der Waals surface area contributed by atoms with Crippen LogP contribution in [0.5, 0.6) is 0 Å². The summed E-state index contributed by atoms with van der Waals surface area (Å²) in [5.41, 5.74) is 0.447. The molecule has 1 aromatic carbocycles. The normalized spacial score (nSPS) is 20.0. The Morgan fingerprint density at radius 1 is 0.938 bits per heavy atom. The van der Waals surface area contributed by atoms with E-state index in [1.54, 1.807) is 4.90 Å². The van der Waals surface area contributed by atoms with Gasteiger partial charge in [0.2, 0.25) is 11.8 Å². The number of amides is 3. The van der Waals surface area contributed by atoms with Crippen molar-refractivity contribution < 1.29 is 18.8 Å². The Balaban J connectivity index is 1.54. The molecule has 0 saturated carbocycles. The van der Waals surface area contributed by atoms with Gasteiger partial charge in [0.1, 0.15) is 5.82 Å². The largest absolute Gasteiger partial charge is 0.342 e. The van der Waals surface area contributed by atoms with E-state index in [0.717, 1.165) is 25.8 Å². The molecule has 0 bridgehead atoms. The molecule has 3 rings (SSSR count). The maximum Gasteiger partial charge on any atom is 0.253 e. The van der Waals surface area contributed by atoms with Crippen molar-refractivity contribution in [3.63, 3.8) is 0 Å². The third-order valence-corrected chi connectivity index (χ3v) is 6.52. The first-order valence-electron chi connectivity index (χ1n) is 11.8. The predicted octanol–water partition coefficient (Wildman–Crippen LogP) is 2.08. The molecule has 3 amide bonds. The van der Waals surface area contributed by atoms with Crippen molar-refractivity contribution >= 4 is 17.7 Å². The van der Waals surface area contributed by atoms with Gasteiger partial charge in [-0.15, -0.1) is 0 Å². The number of hydrogen-bond donors (Lipinski definition) is 0. The second kappa shape index (κ2) is 11.4. The fourth-order valence-electron chi connectivity index (χ4n) is 4.61. The van der Waals surface area contributed by atoms with Crippen LogP contribution in [0.15, 0.2) is 24.3 Å². The molecule has 7 nitrogen and oxygen atoms in total. The number of nitrogens with zero attached hydrogens (tertiary/aromatic N) is 4. The van der Waals surface area contributed by atoms with Gasteiger partial charge in [0, 0.05) is 57.9 Å². The zero-order chi connectivity index (χ0) is 23.1. The molecule has 32 heavy (non-hydrogen) atoms. The average Bonchev–Trinajstić information content (AvgIpc) is 3.05. The lowest BCUT2D eigenvalue weighted by atomic mass is 9.95. The highest BCUT2D eigenvalue weighted by Crippen LogP contribution is 2.22. The lowest BCUT2D eigenvalue weighted by molar-refractivity contribution is -0.136. The molecule has 2 fully saturated rings. The van der Waals surface area contributed by atoms with E-state index < -0.39 is 0 Å². The van der Waals surface area contributed by atoms with Gasteiger partial charge in [0.15, 0.2) is 0 Å². The minimum atomic E-state index is -0.373. The van der Waals surface area contributed by atoms with Crippen molar-refractivity contribution in [1.29, 1.82) is 0 Å². The smallest absolute Gasteiger partial charge is 0.253 e. The first kappa shape index (κ1) is 24.2. The summed E-state index contributed by atoms with van der Waals surface area (Å²) in [5.74, 6) is -0.505. The van der Waals surface area contributed by atoms with Crippen molar-refractivity contribution in [2.45, 2.75) is 33.1 Å². The van der Waals surface area contributed by atoms with Gasteiger partial charge in [0.05, 0.1) is 12.5 Å². The van der Waals surface area contributed by atoms with E-state index in [1.165, 1.54) is 24.3 Å². The minimum absolute atomic E-state index is 0.0959. The summed E-state index contributed by atoms with van der Waals surface area (Å²) in [7, 11) is 0. The molecule has 0 radical (unpaired) electrons. The van der Waals surface area contributed by atoms with Gasteiger partial charge in [-0.1, -0.05) is 0 Å². The van der Waals surface area contributed by atoms with Crippen molar-refractivity contribution in [1.82, 2.24) is 19.6 Å². The summed E-state index contributed by atoms with van der Waals surface area (Å²) in [5, 5.41) is 0. The van der Waals surface area contributed by atoms with Crippen LogP contribution >= 0.6 is 0 Å². The van der Waals surface area contributed by atoms with Crippen LogP contribution < -0.4 is 0 Å². The van der Waals surface area contributed by atoms with Crippen LogP contribution in [0.4, 0.5) is 4.39 Å². The third-order valence-electron chi connectivity index (χ3n) is 6.52. The summed E-state index contributed by atoms with van der Waals surface area (Å²) in [6, 6.07) is 5.56. The number of likely N-dealkylation sites (tertiary alicyclic amines) is 1. The van der Waals surface area contributed by atoms with E-state index in [0.29, 0.717) is 57.9 Å². The zero-order valence-corrected chi connectivity index (χ0v) is 19.3. The molecule has 1 atom stereocenters. The summed E-state index contributed by atoms with van der Waals surface area (Å²) < 4.78 is 13.2. The summed E-state index contributed by atoms with van der Waals surface area (Å²) in [4.78, 5) is 46.0. The van der Waals surface area contributed by atoms with Gasteiger partial charge < -0.3 is 14.7 Å². The highest BCUT2D eigenvalue weighted by molar-refractivity contribution is 5.94. The molecule has 2 aliphatic heterocycles. The van der Waals surface area contributed by atoms with E-state index in [2.05, 4.69) is 4.90 Å². The van der Waals surface area contributed by atoms with E-state index in [4.69, 9.17) is 0 Å². The Morgan fingerprint density at radius 2 is 1.62 bits per heavy atom. The molecule has 2 saturated heterocycles. The molecule has 0 aromatic heterocycles.